The number of likely N-dealkylation sites (N-methyl/N-ethyl adjacent to an activating group) is 1. The van der Waals surface area contributed by atoms with Crippen molar-refractivity contribution in [1.82, 2.24) is 34.4 Å². The molecule has 38 heavy (non-hydrogen) atoms. The summed E-state index contributed by atoms with van der Waals surface area (Å²) in [6, 6.07) is 17.6. The van der Waals surface area contributed by atoms with Crippen LogP contribution in [0.25, 0.3) is 22.3 Å². The van der Waals surface area contributed by atoms with Crippen LogP contribution in [0.5, 0.6) is 11.5 Å². The van der Waals surface area contributed by atoms with Gasteiger partial charge in [0.1, 0.15) is 30.4 Å². The quantitative estimate of drug-likeness (QED) is 0.395. The molecule has 2 aliphatic heterocycles. The molecule has 3 N–H and O–H groups in total. The van der Waals surface area contributed by atoms with Gasteiger partial charge in [-0.05, 0) is 55.7 Å². The molecule has 10 heteroatoms. The van der Waals surface area contributed by atoms with Crippen molar-refractivity contribution in [3.63, 3.8) is 0 Å². The van der Waals surface area contributed by atoms with Crippen LogP contribution in [0.15, 0.2) is 54.6 Å². The molecule has 2 amide bonds. The van der Waals surface area contributed by atoms with Crippen molar-refractivity contribution in [2.45, 2.75) is 19.3 Å². The first-order chi connectivity index (χ1) is 18.5. The zero-order chi connectivity index (χ0) is 26.1. The highest BCUT2D eigenvalue weighted by Crippen LogP contribution is 2.33. The van der Waals surface area contributed by atoms with Gasteiger partial charge >= 0.3 is 12.0 Å². The monoisotopic (exact) mass is 513 g/mol. The molecule has 2 saturated heterocycles. The normalized spacial score (nSPS) is 17.5. The highest BCUT2D eigenvalue weighted by atomic mass is 16.5. The molecule has 0 unspecified atom stereocenters. The number of nitrogen functional groups attached to an aromatic ring is 1. The molecule has 4 aromatic rings. The number of fused-ring (bicyclic) bond motifs is 1. The fourth-order valence-electron chi connectivity index (χ4n) is 5.29. The second-order valence-electron chi connectivity index (χ2n) is 10.3. The van der Waals surface area contributed by atoms with Crippen LogP contribution in [0.1, 0.15) is 19.3 Å². The number of aromatic nitrogens is 4. The highest BCUT2D eigenvalue weighted by molar-refractivity contribution is 5.98. The minimum absolute atomic E-state index is 0.156. The van der Waals surface area contributed by atoms with Gasteiger partial charge in [-0.3, -0.25) is 9.58 Å². The Labute approximate surface area is 221 Å². The van der Waals surface area contributed by atoms with Crippen LogP contribution >= 0.6 is 0 Å². The number of piperazine rings is 1. The predicted octanol–water partition coefficient (Wildman–Crippen LogP) is 4.25. The van der Waals surface area contributed by atoms with E-state index in [2.05, 4.69) is 17.2 Å². The van der Waals surface area contributed by atoms with Crippen molar-refractivity contribution in [3.05, 3.63) is 54.6 Å². The van der Waals surface area contributed by atoms with E-state index in [0.29, 0.717) is 40.4 Å². The molecule has 0 saturated carbocycles. The molecular weight excluding hydrogens is 480 g/mol. The first-order valence-corrected chi connectivity index (χ1v) is 13.2. The molecule has 2 fully saturated rings. The van der Waals surface area contributed by atoms with Crippen molar-refractivity contribution >= 4 is 28.8 Å². The SMILES string of the molecule is C[N+]1(c2nc(N)c3c(-c4ccc(Oc5ccccc5)cc4)[nH]nc3n2)CCN(C(=O)N2CCCCC2)CC1. The molecule has 0 spiro atoms. The summed E-state index contributed by atoms with van der Waals surface area (Å²) in [5.74, 6) is 2.55. The molecular formula is C28H33N8O2+. The molecule has 2 aromatic heterocycles. The smallest absolute Gasteiger partial charge is 0.332 e. The lowest BCUT2D eigenvalue weighted by Crippen LogP contribution is -2.61. The summed E-state index contributed by atoms with van der Waals surface area (Å²) in [5.41, 5.74) is 8.72. The van der Waals surface area contributed by atoms with E-state index in [-0.39, 0.29) is 6.03 Å². The van der Waals surface area contributed by atoms with E-state index in [0.717, 1.165) is 61.8 Å². The van der Waals surface area contributed by atoms with Crippen molar-refractivity contribution in [2.24, 2.45) is 0 Å². The molecule has 2 aromatic carbocycles. The van der Waals surface area contributed by atoms with Crippen molar-refractivity contribution in [2.75, 3.05) is 52.0 Å². The van der Waals surface area contributed by atoms with Crippen LogP contribution in [0.2, 0.25) is 0 Å². The van der Waals surface area contributed by atoms with Crippen LogP contribution in [-0.2, 0) is 0 Å². The summed E-state index contributed by atoms with van der Waals surface area (Å²) in [5, 5.41) is 8.28. The molecule has 0 atom stereocenters. The Hall–Kier alpha value is -4.18. The second-order valence-corrected chi connectivity index (χ2v) is 10.3. The van der Waals surface area contributed by atoms with Gasteiger partial charge in [0.25, 0.3) is 0 Å². The number of nitrogens with zero attached hydrogens (tertiary/aromatic N) is 6. The third-order valence-corrected chi connectivity index (χ3v) is 7.66. The van der Waals surface area contributed by atoms with Gasteiger partial charge in [-0.2, -0.15) is 15.1 Å². The number of likely N-dealkylation sites (tertiary alicyclic amines) is 1. The number of benzene rings is 2. The molecule has 6 rings (SSSR count). The zero-order valence-corrected chi connectivity index (χ0v) is 21.6. The van der Waals surface area contributed by atoms with Gasteiger partial charge in [-0.15, -0.1) is 0 Å². The number of carbonyl (C=O) groups is 1. The van der Waals surface area contributed by atoms with Crippen molar-refractivity contribution in [1.29, 1.82) is 0 Å². The molecule has 2 aliphatic rings. The van der Waals surface area contributed by atoms with E-state index >= 15 is 0 Å². The van der Waals surface area contributed by atoms with Gasteiger partial charge in [0.05, 0.1) is 31.2 Å². The van der Waals surface area contributed by atoms with Crippen molar-refractivity contribution < 1.29 is 9.53 Å². The molecule has 0 radical (unpaired) electrons. The first-order valence-electron chi connectivity index (χ1n) is 13.2. The van der Waals surface area contributed by atoms with E-state index in [1.54, 1.807) is 0 Å². The summed E-state index contributed by atoms with van der Waals surface area (Å²) < 4.78 is 6.42. The lowest BCUT2D eigenvalue weighted by Gasteiger charge is -2.41. The summed E-state index contributed by atoms with van der Waals surface area (Å²) in [6.45, 7) is 4.51. The largest absolute Gasteiger partial charge is 0.457 e. The van der Waals surface area contributed by atoms with Gasteiger partial charge in [0, 0.05) is 18.7 Å². The number of nitrogens with one attached hydrogen (secondary N) is 1. The van der Waals surface area contributed by atoms with Crippen LogP contribution in [-0.4, -0.2) is 82.3 Å². The summed E-state index contributed by atoms with van der Waals surface area (Å²) in [7, 11) is 2.10. The minimum atomic E-state index is 0.156. The number of para-hydroxylation sites is 1. The number of aromatic amines is 1. The number of carbonyl (C=O) groups excluding carboxylic acids is 1. The first kappa shape index (κ1) is 24.2. The van der Waals surface area contributed by atoms with Gasteiger partial charge in [-0.25, -0.2) is 4.79 Å². The average Bonchev–Trinajstić information content (AvgIpc) is 3.39. The lowest BCUT2D eigenvalue weighted by molar-refractivity contribution is 0.115. The number of hydrogen-bond donors (Lipinski definition) is 2. The molecule has 0 bridgehead atoms. The number of piperidine rings is 1. The number of quaternary nitrogens is 1. The van der Waals surface area contributed by atoms with E-state index in [9.17, 15) is 4.79 Å². The predicted molar refractivity (Wildman–Crippen MR) is 148 cm³/mol. The number of rotatable bonds is 4. The Morgan fingerprint density at radius 1 is 0.895 bits per heavy atom. The number of ether oxygens (including phenoxy) is 1. The Balaban J connectivity index is 1.19. The summed E-state index contributed by atoms with van der Waals surface area (Å²) >= 11 is 0. The van der Waals surface area contributed by atoms with Gasteiger partial charge in [0.2, 0.25) is 0 Å². The summed E-state index contributed by atoms with van der Waals surface area (Å²) in [4.78, 5) is 26.4. The van der Waals surface area contributed by atoms with E-state index < -0.39 is 0 Å². The average molecular weight is 514 g/mol. The van der Waals surface area contributed by atoms with Gasteiger partial charge in [-0.1, -0.05) is 18.2 Å². The Kier molecular flexibility index (Phi) is 6.32. The van der Waals surface area contributed by atoms with Gasteiger partial charge in [0.15, 0.2) is 5.65 Å². The summed E-state index contributed by atoms with van der Waals surface area (Å²) in [6.07, 6.45) is 3.40. The molecule has 10 nitrogen and oxygen atoms in total. The maximum absolute atomic E-state index is 13.0. The maximum atomic E-state index is 13.0. The highest BCUT2D eigenvalue weighted by Gasteiger charge is 2.37. The van der Waals surface area contributed by atoms with Crippen LogP contribution < -0.4 is 15.0 Å². The zero-order valence-electron chi connectivity index (χ0n) is 21.6. The Morgan fingerprint density at radius 2 is 1.55 bits per heavy atom. The number of urea groups is 1. The standard InChI is InChI=1S/C28H33N8O2/c1-36(18-16-35(17-19-36)28(37)34-14-6-3-7-15-34)27-30-25(29)23-24(32-33-26(23)31-27)20-10-12-22(13-11-20)38-21-8-4-2-5-9-21/h2,4-5,8-13H,3,6-7,14-19H2,1H3,(H3,29,30,31,32,33)/q+1. The number of amides is 2. The third kappa shape index (κ3) is 4.63. The number of H-pyrrole nitrogens is 1. The van der Waals surface area contributed by atoms with Crippen LogP contribution in [0.3, 0.4) is 0 Å². The maximum Gasteiger partial charge on any atom is 0.332 e. The topological polar surface area (TPSA) is 113 Å². The Morgan fingerprint density at radius 3 is 2.26 bits per heavy atom. The lowest BCUT2D eigenvalue weighted by atomic mass is 10.1. The third-order valence-electron chi connectivity index (χ3n) is 7.66. The fraction of sp³-hybridized carbons (Fsp3) is 0.357. The van der Waals surface area contributed by atoms with E-state index in [1.165, 1.54) is 6.42 Å². The van der Waals surface area contributed by atoms with Crippen molar-refractivity contribution in [3.8, 4) is 22.8 Å². The Bertz CT molecular complexity index is 1420. The molecule has 4 heterocycles. The van der Waals surface area contributed by atoms with E-state index in [1.807, 2.05) is 64.4 Å². The van der Waals surface area contributed by atoms with Crippen LogP contribution in [0.4, 0.5) is 16.6 Å². The fourth-order valence-corrected chi connectivity index (χ4v) is 5.29. The minimum Gasteiger partial charge on any atom is -0.457 e. The van der Waals surface area contributed by atoms with E-state index in [4.69, 9.17) is 20.4 Å². The number of hydrogen-bond acceptors (Lipinski definition) is 6. The molecule has 196 valence electrons. The van der Waals surface area contributed by atoms with Gasteiger partial charge < -0.3 is 20.3 Å². The molecule has 0 aliphatic carbocycles. The number of anilines is 1. The number of nitrogens with two attached hydrogens (primary N) is 1. The van der Waals surface area contributed by atoms with Crippen LogP contribution in [0, 0.1) is 0 Å². The second kappa shape index (κ2) is 9.94.